The highest BCUT2D eigenvalue weighted by Crippen LogP contribution is 2.28. The smallest absolute Gasteiger partial charge is 0.260 e. The van der Waals surface area contributed by atoms with Crippen LogP contribution in [0.3, 0.4) is 0 Å². The molecule has 0 saturated heterocycles. The molecular formula is C20H20N2O2. The van der Waals surface area contributed by atoms with Crippen LogP contribution in [0.15, 0.2) is 65.4 Å². The highest BCUT2D eigenvalue weighted by atomic mass is 16.3. The number of carbonyl (C=O) groups excluding carboxylic acids is 1. The molecule has 1 aromatic carbocycles. The van der Waals surface area contributed by atoms with Crippen molar-refractivity contribution < 1.29 is 9.21 Å². The van der Waals surface area contributed by atoms with Crippen LogP contribution in [-0.2, 0) is 0 Å². The Bertz CT molecular complexity index is 826. The van der Waals surface area contributed by atoms with E-state index in [-0.39, 0.29) is 11.9 Å². The van der Waals surface area contributed by atoms with Gasteiger partial charge >= 0.3 is 0 Å². The minimum absolute atomic E-state index is 0.0966. The molecule has 0 aliphatic carbocycles. The Morgan fingerprint density at radius 1 is 1.08 bits per heavy atom. The average molecular weight is 320 g/mol. The van der Waals surface area contributed by atoms with Crippen molar-refractivity contribution in [2.45, 2.75) is 26.8 Å². The zero-order chi connectivity index (χ0) is 17.1. The molecule has 0 aliphatic heterocycles. The van der Waals surface area contributed by atoms with Crippen molar-refractivity contribution in [1.29, 1.82) is 0 Å². The first kappa shape index (κ1) is 16.0. The van der Waals surface area contributed by atoms with E-state index in [4.69, 9.17) is 4.42 Å². The SMILES string of the molecule is Cc1ccc(C(=O)N(c2ccccn2)[C@H](C)c2ccco2)cc1C. The van der Waals surface area contributed by atoms with E-state index in [1.807, 2.05) is 69.3 Å². The van der Waals surface area contributed by atoms with Crippen molar-refractivity contribution in [2.24, 2.45) is 0 Å². The standard InChI is InChI=1S/C20H20N2O2/c1-14-9-10-17(13-15(14)2)20(23)22(19-8-4-5-11-21-19)16(3)18-7-6-12-24-18/h4-13,16H,1-3H3/t16-/m1/s1. The summed E-state index contributed by atoms with van der Waals surface area (Å²) in [6.45, 7) is 5.98. The number of aromatic nitrogens is 1. The van der Waals surface area contributed by atoms with E-state index < -0.39 is 0 Å². The molecule has 0 bridgehead atoms. The number of aryl methyl sites for hydroxylation is 2. The topological polar surface area (TPSA) is 46.3 Å². The lowest BCUT2D eigenvalue weighted by Gasteiger charge is -2.27. The van der Waals surface area contributed by atoms with Crippen molar-refractivity contribution >= 4 is 11.7 Å². The van der Waals surface area contributed by atoms with Crippen molar-refractivity contribution in [3.05, 3.63) is 83.4 Å². The van der Waals surface area contributed by atoms with Gasteiger partial charge < -0.3 is 4.42 Å². The van der Waals surface area contributed by atoms with E-state index in [1.165, 1.54) is 0 Å². The van der Waals surface area contributed by atoms with Gasteiger partial charge in [-0.05, 0) is 68.3 Å². The lowest BCUT2D eigenvalue weighted by atomic mass is 10.0. The van der Waals surface area contributed by atoms with Gasteiger partial charge in [-0.2, -0.15) is 0 Å². The third-order valence-corrected chi connectivity index (χ3v) is 4.21. The molecule has 2 heterocycles. The van der Waals surface area contributed by atoms with Gasteiger partial charge in [0, 0.05) is 11.8 Å². The van der Waals surface area contributed by atoms with Gasteiger partial charge in [-0.1, -0.05) is 12.1 Å². The van der Waals surface area contributed by atoms with E-state index >= 15 is 0 Å². The van der Waals surface area contributed by atoms with E-state index in [2.05, 4.69) is 4.98 Å². The number of carbonyl (C=O) groups is 1. The van der Waals surface area contributed by atoms with Crippen LogP contribution in [0, 0.1) is 13.8 Å². The van der Waals surface area contributed by atoms with Crippen LogP contribution < -0.4 is 4.90 Å². The van der Waals surface area contributed by atoms with E-state index in [9.17, 15) is 4.79 Å². The van der Waals surface area contributed by atoms with Gasteiger partial charge in [0.1, 0.15) is 11.6 Å². The molecule has 3 rings (SSSR count). The van der Waals surface area contributed by atoms with Crippen LogP contribution in [0.1, 0.15) is 40.2 Å². The number of anilines is 1. The summed E-state index contributed by atoms with van der Waals surface area (Å²) in [6, 6.07) is 14.7. The van der Waals surface area contributed by atoms with Crippen molar-refractivity contribution in [1.82, 2.24) is 4.98 Å². The zero-order valence-corrected chi connectivity index (χ0v) is 14.1. The molecule has 0 spiro atoms. The number of hydrogen-bond acceptors (Lipinski definition) is 3. The van der Waals surface area contributed by atoms with Crippen LogP contribution >= 0.6 is 0 Å². The second kappa shape index (κ2) is 6.71. The first-order chi connectivity index (χ1) is 11.6. The maximum atomic E-state index is 13.2. The third kappa shape index (κ3) is 3.08. The highest BCUT2D eigenvalue weighted by Gasteiger charge is 2.27. The number of pyridine rings is 1. The number of hydrogen-bond donors (Lipinski definition) is 0. The summed E-state index contributed by atoms with van der Waals surface area (Å²) in [7, 11) is 0. The summed E-state index contributed by atoms with van der Waals surface area (Å²) in [5.41, 5.74) is 2.89. The summed E-state index contributed by atoms with van der Waals surface area (Å²) in [5.74, 6) is 1.23. The molecule has 0 radical (unpaired) electrons. The quantitative estimate of drug-likeness (QED) is 0.700. The molecule has 4 nitrogen and oxygen atoms in total. The Hall–Kier alpha value is -2.88. The molecule has 24 heavy (non-hydrogen) atoms. The second-order valence-corrected chi connectivity index (χ2v) is 5.85. The fourth-order valence-electron chi connectivity index (χ4n) is 2.64. The largest absolute Gasteiger partial charge is 0.467 e. The van der Waals surface area contributed by atoms with Crippen LogP contribution in [0.2, 0.25) is 0 Å². The van der Waals surface area contributed by atoms with Gasteiger partial charge in [0.05, 0.1) is 12.3 Å². The fourth-order valence-corrected chi connectivity index (χ4v) is 2.64. The van der Waals surface area contributed by atoms with Crippen LogP contribution in [-0.4, -0.2) is 10.9 Å². The van der Waals surface area contributed by atoms with Crippen LogP contribution in [0.5, 0.6) is 0 Å². The number of nitrogens with zero attached hydrogens (tertiary/aromatic N) is 2. The first-order valence-electron chi connectivity index (χ1n) is 7.93. The lowest BCUT2D eigenvalue weighted by molar-refractivity contribution is 0.0974. The number of benzene rings is 1. The Morgan fingerprint density at radius 2 is 1.92 bits per heavy atom. The monoisotopic (exact) mass is 320 g/mol. The summed E-state index contributed by atoms with van der Waals surface area (Å²) in [5, 5.41) is 0. The highest BCUT2D eigenvalue weighted by molar-refractivity contribution is 6.06. The van der Waals surface area contributed by atoms with Crippen molar-refractivity contribution in [3.8, 4) is 0 Å². The average Bonchev–Trinajstić information content (AvgIpc) is 3.13. The normalized spacial score (nSPS) is 12.0. The molecule has 1 atom stereocenters. The molecule has 122 valence electrons. The van der Waals surface area contributed by atoms with Gasteiger partial charge in [0.25, 0.3) is 5.91 Å². The summed E-state index contributed by atoms with van der Waals surface area (Å²) < 4.78 is 5.50. The summed E-state index contributed by atoms with van der Waals surface area (Å²) in [6.07, 6.45) is 3.30. The molecule has 0 fully saturated rings. The second-order valence-electron chi connectivity index (χ2n) is 5.85. The van der Waals surface area contributed by atoms with Gasteiger partial charge in [-0.25, -0.2) is 4.98 Å². The zero-order valence-electron chi connectivity index (χ0n) is 14.1. The Morgan fingerprint density at radius 3 is 2.54 bits per heavy atom. The van der Waals surface area contributed by atoms with E-state index in [0.29, 0.717) is 11.4 Å². The molecular weight excluding hydrogens is 300 g/mol. The number of rotatable bonds is 4. The minimum Gasteiger partial charge on any atom is -0.467 e. The maximum Gasteiger partial charge on any atom is 0.260 e. The molecule has 0 aliphatic rings. The van der Waals surface area contributed by atoms with E-state index in [1.54, 1.807) is 17.4 Å². The molecule has 2 aromatic heterocycles. The molecule has 1 amide bonds. The third-order valence-electron chi connectivity index (χ3n) is 4.21. The molecule has 0 unspecified atom stereocenters. The van der Waals surface area contributed by atoms with Gasteiger partial charge in [-0.3, -0.25) is 9.69 Å². The van der Waals surface area contributed by atoms with Gasteiger partial charge in [0.15, 0.2) is 0 Å². The molecule has 0 N–H and O–H groups in total. The molecule has 3 aromatic rings. The minimum atomic E-state index is -0.260. The Balaban J connectivity index is 2.04. The van der Waals surface area contributed by atoms with Crippen LogP contribution in [0.4, 0.5) is 5.82 Å². The predicted molar refractivity (Wildman–Crippen MR) is 94.1 cm³/mol. The molecule has 0 saturated carbocycles. The maximum absolute atomic E-state index is 13.2. The van der Waals surface area contributed by atoms with E-state index in [0.717, 1.165) is 16.9 Å². The van der Waals surface area contributed by atoms with Crippen molar-refractivity contribution in [3.63, 3.8) is 0 Å². The predicted octanol–water partition coefficient (Wildman–Crippen LogP) is 4.70. The van der Waals surface area contributed by atoms with Crippen molar-refractivity contribution in [2.75, 3.05) is 4.90 Å². The number of furan rings is 1. The summed E-state index contributed by atoms with van der Waals surface area (Å²) >= 11 is 0. The number of amides is 1. The Kier molecular flexibility index (Phi) is 4.47. The van der Waals surface area contributed by atoms with Gasteiger partial charge in [-0.15, -0.1) is 0 Å². The van der Waals surface area contributed by atoms with Gasteiger partial charge in [0.2, 0.25) is 0 Å². The lowest BCUT2D eigenvalue weighted by Crippen LogP contribution is -2.34. The molecule has 4 heteroatoms. The summed E-state index contributed by atoms with van der Waals surface area (Å²) in [4.78, 5) is 19.2. The first-order valence-corrected chi connectivity index (χ1v) is 7.93. The van der Waals surface area contributed by atoms with Crippen LogP contribution in [0.25, 0.3) is 0 Å². The Labute approximate surface area is 141 Å². The fraction of sp³-hybridized carbons (Fsp3) is 0.200.